The largest absolute Gasteiger partial charge is 0.476 e. The maximum Gasteiger partial charge on any atom is 0.356 e. The van der Waals surface area contributed by atoms with E-state index in [4.69, 9.17) is 5.11 Å². The van der Waals surface area contributed by atoms with Gasteiger partial charge in [-0.2, -0.15) is 0 Å². The number of carboxylic acid groups (broad SMARTS) is 1. The van der Waals surface area contributed by atoms with Crippen molar-refractivity contribution in [2.24, 2.45) is 0 Å². The Balaban J connectivity index is 2.61. The molecule has 0 aliphatic heterocycles. The number of Topliss-reactive ketones (excluding diaryl/α,β-unsaturated/α-hetero) is 1. The zero-order valence-corrected chi connectivity index (χ0v) is 12.3. The third kappa shape index (κ3) is 4.61. The molecule has 1 aromatic rings. The van der Waals surface area contributed by atoms with Gasteiger partial charge in [0, 0.05) is 25.9 Å². The molecule has 0 radical (unpaired) electrons. The van der Waals surface area contributed by atoms with Crippen LogP contribution in [0.5, 0.6) is 0 Å². The molecule has 0 saturated carbocycles. The second kappa shape index (κ2) is 6.99. The fourth-order valence-electron chi connectivity index (χ4n) is 1.46. The molecular formula is C12H17N3O4S. The number of thiazole rings is 1. The van der Waals surface area contributed by atoms with Crippen molar-refractivity contribution in [2.45, 2.75) is 33.2 Å². The van der Waals surface area contributed by atoms with E-state index < -0.39 is 5.97 Å². The predicted molar refractivity (Wildman–Crippen MR) is 75.5 cm³/mol. The number of anilines is 1. The normalized spacial score (nSPS) is 10.4. The Labute approximate surface area is 120 Å². The van der Waals surface area contributed by atoms with Gasteiger partial charge in [-0.25, -0.2) is 9.78 Å². The Morgan fingerprint density at radius 3 is 2.45 bits per heavy atom. The van der Waals surface area contributed by atoms with Crippen molar-refractivity contribution in [1.29, 1.82) is 0 Å². The lowest BCUT2D eigenvalue weighted by molar-refractivity contribution is -0.121. The molecular weight excluding hydrogens is 282 g/mol. The van der Waals surface area contributed by atoms with Crippen LogP contribution < -0.4 is 10.6 Å². The summed E-state index contributed by atoms with van der Waals surface area (Å²) in [6, 6.07) is 0.0743. The molecule has 0 atom stereocenters. The summed E-state index contributed by atoms with van der Waals surface area (Å²) >= 11 is 0.977. The molecule has 0 aromatic carbocycles. The Morgan fingerprint density at radius 1 is 1.35 bits per heavy atom. The monoisotopic (exact) mass is 299 g/mol. The van der Waals surface area contributed by atoms with Crippen LogP contribution in [0, 0.1) is 0 Å². The number of hydrogen-bond donors (Lipinski definition) is 3. The van der Waals surface area contributed by atoms with E-state index in [0.717, 1.165) is 11.3 Å². The highest BCUT2D eigenvalue weighted by atomic mass is 32.1. The van der Waals surface area contributed by atoms with Gasteiger partial charge >= 0.3 is 5.97 Å². The van der Waals surface area contributed by atoms with E-state index in [2.05, 4.69) is 15.6 Å². The first-order chi connectivity index (χ1) is 9.31. The summed E-state index contributed by atoms with van der Waals surface area (Å²) in [6.45, 7) is 5.34. The molecule has 1 amide bonds. The highest BCUT2D eigenvalue weighted by Crippen LogP contribution is 2.23. The van der Waals surface area contributed by atoms with E-state index in [1.54, 1.807) is 0 Å². The van der Waals surface area contributed by atoms with Crippen LogP contribution >= 0.6 is 11.3 Å². The Hall–Kier alpha value is -1.96. The van der Waals surface area contributed by atoms with Crippen LogP contribution in [0.1, 0.15) is 47.4 Å². The van der Waals surface area contributed by atoms with Crippen molar-refractivity contribution < 1.29 is 19.5 Å². The summed E-state index contributed by atoms with van der Waals surface area (Å²) in [7, 11) is 0. The molecule has 3 N–H and O–H groups in total. The van der Waals surface area contributed by atoms with Gasteiger partial charge in [0.1, 0.15) is 4.88 Å². The summed E-state index contributed by atoms with van der Waals surface area (Å²) in [5.41, 5.74) is -0.253. The first-order valence-corrected chi connectivity index (χ1v) is 6.91. The van der Waals surface area contributed by atoms with Gasteiger partial charge in [-0.05, 0) is 13.8 Å². The molecule has 0 saturated heterocycles. The topological polar surface area (TPSA) is 108 Å². The molecule has 0 spiro atoms. The number of hydrogen-bond acceptors (Lipinski definition) is 6. The standard InChI is InChI=1S/C12H17N3O4S/c1-6(2)14-8(17)4-5-13-12-15-9(11(18)19)10(20-12)7(3)16/h6H,4-5H2,1-3H3,(H,13,15)(H,14,17)(H,18,19). The lowest BCUT2D eigenvalue weighted by atomic mass is 10.3. The van der Waals surface area contributed by atoms with Crippen LogP contribution in [0.2, 0.25) is 0 Å². The van der Waals surface area contributed by atoms with Gasteiger partial charge < -0.3 is 15.7 Å². The quantitative estimate of drug-likeness (QED) is 0.656. The summed E-state index contributed by atoms with van der Waals surface area (Å²) in [4.78, 5) is 37.6. The fraction of sp³-hybridized carbons (Fsp3) is 0.500. The van der Waals surface area contributed by atoms with Crippen LogP contribution in [0.25, 0.3) is 0 Å². The third-order valence-electron chi connectivity index (χ3n) is 2.23. The first kappa shape index (κ1) is 16.1. The molecule has 0 fully saturated rings. The van der Waals surface area contributed by atoms with Crippen LogP contribution in [0.4, 0.5) is 5.13 Å². The number of carbonyl (C=O) groups excluding carboxylic acids is 2. The van der Waals surface area contributed by atoms with E-state index in [9.17, 15) is 14.4 Å². The SMILES string of the molecule is CC(=O)c1sc(NCCC(=O)NC(C)C)nc1C(=O)O. The van der Waals surface area contributed by atoms with Crippen LogP contribution in [0.3, 0.4) is 0 Å². The van der Waals surface area contributed by atoms with Gasteiger partial charge in [-0.1, -0.05) is 11.3 Å². The maximum absolute atomic E-state index is 11.4. The average molecular weight is 299 g/mol. The van der Waals surface area contributed by atoms with E-state index in [0.29, 0.717) is 11.7 Å². The zero-order valence-electron chi connectivity index (χ0n) is 11.5. The summed E-state index contributed by atoms with van der Waals surface area (Å²) in [6.07, 6.45) is 0.246. The lowest BCUT2D eigenvalue weighted by Crippen LogP contribution is -2.31. The van der Waals surface area contributed by atoms with Gasteiger partial charge in [0.15, 0.2) is 16.6 Å². The van der Waals surface area contributed by atoms with Crippen molar-refractivity contribution in [3.63, 3.8) is 0 Å². The summed E-state index contributed by atoms with van der Waals surface area (Å²) in [5.74, 6) is -1.68. The third-order valence-corrected chi connectivity index (χ3v) is 3.34. The van der Waals surface area contributed by atoms with Crippen molar-refractivity contribution >= 4 is 34.1 Å². The lowest BCUT2D eigenvalue weighted by Gasteiger charge is -2.08. The van der Waals surface area contributed by atoms with E-state index >= 15 is 0 Å². The van der Waals surface area contributed by atoms with Crippen molar-refractivity contribution in [3.05, 3.63) is 10.6 Å². The van der Waals surface area contributed by atoms with Gasteiger partial charge in [-0.15, -0.1) is 0 Å². The Kier molecular flexibility index (Phi) is 5.63. The summed E-state index contributed by atoms with van der Waals surface area (Å²) < 4.78 is 0. The number of nitrogens with zero attached hydrogens (tertiary/aromatic N) is 1. The molecule has 1 rings (SSSR count). The van der Waals surface area contributed by atoms with Crippen LogP contribution in [0.15, 0.2) is 0 Å². The minimum absolute atomic E-state index is 0.0743. The average Bonchev–Trinajstić information content (AvgIpc) is 2.72. The molecule has 0 bridgehead atoms. The number of nitrogens with one attached hydrogen (secondary N) is 2. The minimum Gasteiger partial charge on any atom is -0.476 e. The van der Waals surface area contributed by atoms with Crippen LogP contribution in [-0.2, 0) is 4.79 Å². The van der Waals surface area contributed by atoms with E-state index in [1.807, 2.05) is 13.8 Å². The number of aromatic carboxylic acids is 1. The second-order valence-corrected chi connectivity index (χ2v) is 5.46. The summed E-state index contributed by atoms with van der Waals surface area (Å²) in [5, 5.41) is 14.9. The number of carboxylic acids is 1. The van der Waals surface area contributed by atoms with Crippen LogP contribution in [-0.4, -0.2) is 40.3 Å². The zero-order chi connectivity index (χ0) is 15.3. The first-order valence-electron chi connectivity index (χ1n) is 6.09. The molecule has 1 heterocycles. The van der Waals surface area contributed by atoms with Gasteiger partial charge in [0.25, 0.3) is 0 Å². The molecule has 0 aliphatic carbocycles. The number of ketones is 1. The predicted octanol–water partition coefficient (Wildman–Crippen LogP) is 1.37. The van der Waals surface area contributed by atoms with E-state index in [-0.39, 0.29) is 34.7 Å². The number of carbonyl (C=O) groups is 3. The molecule has 8 heteroatoms. The molecule has 0 aliphatic rings. The number of amides is 1. The molecule has 110 valence electrons. The van der Waals surface area contributed by atoms with E-state index in [1.165, 1.54) is 6.92 Å². The minimum atomic E-state index is -1.24. The number of rotatable bonds is 7. The highest BCUT2D eigenvalue weighted by Gasteiger charge is 2.20. The maximum atomic E-state index is 11.4. The molecule has 0 unspecified atom stereocenters. The number of aromatic nitrogens is 1. The van der Waals surface area contributed by atoms with Gasteiger partial charge in [0.05, 0.1) is 0 Å². The smallest absolute Gasteiger partial charge is 0.356 e. The molecule has 7 nitrogen and oxygen atoms in total. The Bertz CT molecular complexity index is 493. The van der Waals surface area contributed by atoms with Crippen molar-refractivity contribution in [1.82, 2.24) is 10.3 Å². The highest BCUT2D eigenvalue weighted by molar-refractivity contribution is 7.17. The molecule has 1 aromatic heterocycles. The van der Waals surface area contributed by atoms with Gasteiger partial charge in [-0.3, -0.25) is 9.59 Å². The molecule has 20 heavy (non-hydrogen) atoms. The fourth-order valence-corrected chi connectivity index (χ4v) is 2.33. The van der Waals surface area contributed by atoms with Crippen molar-refractivity contribution in [3.8, 4) is 0 Å². The Morgan fingerprint density at radius 2 is 2.00 bits per heavy atom. The van der Waals surface area contributed by atoms with Crippen molar-refractivity contribution in [2.75, 3.05) is 11.9 Å². The van der Waals surface area contributed by atoms with Gasteiger partial charge in [0.2, 0.25) is 5.91 Å². The second-order valence-electron chi connectivity index (χ2n) is 4.46.